The molecule has 25 heavy (non-hydrogen) atoms. The minimum absolute atomic E-state index is 0.0246. The number of ether oxygens (including phenoxy) is 2. The number of carbonyl (C=O) groups excluding carboxylic acids is 1. The highest BCUT2D eigenvalue weighted by Gasteiger charge is 2.22. The Morgan fingerprint density at radius 3 is 2.24 bits per heavy atom. The fourth-order valence-electron chi connectivity index (χ4n) is 3.17. The highest BCUT2D eigenvalue weighted by atomic mass is 16.7. The third-order valence-electron chi connectivity index (χ3n) is 4.49. The van der Waals surface area contributed by atoms with Crippen LogP contribution in [0.15, 0.2) is 78.9 Å². The van der Waals surface area contributed by atoms with Crippen molar-refractivity contribution in [3.8, 4) is 11.5 Å². The van der Waals surface area contributed by atoms with Gasteiger partial charge in [0.15, 0.2) is 17.3 Å². The van der Waals surface area contributed by atoms with Crippen LogP contribution in [-0.2, 0) is 0 Å². The number of Topliss-reactive ketones (excluding diaryl/α,β-unsaturated/α-hetero) is 1. The molecule has 0 saturated carbocycles. The van der Waals surface area contributed by atoms with Crippen molar-refractivity contribution in [1.82, 2.24) is 0 Å². The molecule has 3 heteroatoms. The Morgan fingerprint density at radius 2 is 1.48 bits per heavy atom. The van der Waals surface area contributed by atoms with Gasteiger partial charge in [0.25, 0.3) is 0 Å². The Hall–Kier alpha value is -3.07. The van der Waals surface area contributed by atoms with Gasteiger partial charge in [0.05, 0.1) is 0 Å². The van der Waals surface area contributed by atoms with Crippen LogP contribution in [0.3, 0.4) is 0 Å². The lowest BCUT2D eigenvalue weighted by molar-refractivity contribution is 0.0977. The molecule has 3 aromatic rings. The number of rotatable bonds is 5. The third kappa shape index (κ3) is 3.26. The maximum absolute atomic E-state index is 12.8. The number of hydrogen-bond donors (Lipinski definition) is 0. The van der Waals surface area contributed by atoms with Crippen molar-refractivity contribution in [3.63, 3.8) is 0 Å². The van der Waals surface area contributed by atoms with Crippen molar-refractivity contribution in [3.05, 3.63) is 95.6 Å². The summed E-state index contributed by atoms with van der Waals surface area (Å²) in [5.74, 6) is 1.60. The van der Waals surface area contributed by atoms with Crippen molar-refractivity contribution in [2.45, 2.75) is 12.3 Å². The third-order valence-corrected chi connectivity index (χ3v) is 4.49. The molecule has 0 aromatic heterocycles. The Balaban J connectivity index is 1.69. The summed E-state index contributed by atoms with van der Waals surface area (Å²) in [6, 6.07) is 25.5. The van der Waals surface area contributed by atoms with Crippen molar-refractivity contribution in [2.24, 2.45) is 0 Å². The number of fused-ring (bicyclic) bond motifs is 1. The van der Waals surface area contributed by atoms with Gasteiger partial charge >= 0.3 is 0 Å². The highest BCUT2D eigenvalue weighted by Crippen LogP contribution is 2.38. The molecule has 0 radical (unpaired) electrons. The van der Waals surface area contributed by atoms with E-state index in [-0.39, 0.29) is 18.5 Å². The number of ketones is 1. The minimum atomic E-state index is -0.0246. The average molecular weight is 330 g/mol. The van der Waals surface area contributed by atoms with Crippen molar-refractivity contribution < 1.29 is 14.3 Å². The zero-order chi connectivity index (χ0) is 17.1. The molecule has 3 nitrogen and oxygen atoms in total. The maximum Gasteiger partial charge on any atom is 0.231 e. The lowest BCUT2D eigenvalue weighted by Gasteiger charge is -2.18. The van der Waals surface area contributed by atoms with E-state index in [4.69, 9.17) is 9.47 Å². The number of benzene rings is 3. The first-order chi connectivity index (χ1) is 12.3. The molecule has 1 atom stereocenters. The van der Waals surface area contributed by atoms with E-state index in [1.807, 2.05) is 66.7 Å². The summed E-state index contributed by atoms with van der Waals surface area (Å²) in [5, 5.41) is 0. The Bertz CT molecular complexity index is 872. The van der Waals surface area contributed by atoms with Crippen LogP contribution in [0.4, 0.5) is 0 Å². The van der Waals surface area contributed by atoms with Crippen molar-refractivity contribution >= 4 is 5.78 Å². The van der Waals surface area contributed by atoms with Gasteiger partial charge in [-0.15, -0.1) is 0 Å². The summed E-state index contributed by atoms with van der Waals surface area (Å²) in [6.45, 7) is 0.248. The fraction of sp³-hybridized carbons (Fsp3) is 0.136. The van der Waals surface area contributed by atoms with Crippen LogP contribution < -0.4 is 9.47 Å². The molecule has 4 rings (SSSR count). The minimum Gasteiger partial charge on any atom is -0.454 e. The van der Waals surface area contributed by atoms with E-state index in [2.05, 4.69) is 12.1 Å². The van der Waals surface area contributed by atoms with Gasteiger partial charge in [0, 0.05) is 17.9 Å². The van der Waals surface area contributed by atoms with Gasteiger partial charge in [0.2, 0.25) is 6.79 Å². The molecule has 1 unspecified atom stereocenters. The molecule has 0 spiro atoms. The second-order valence-corrected chi connectivity index (χ2v) is 6.07. The van der Waals surface area contributed by atoms with Gasteiger partial charge < -0.3 is 9.47 Å². The van der Waals surface area contributed by atoms with E-state index >= 15 is 0 Å². The molecule has 1 aliphatic rings. The van der Waals surface area contributed by atoms with E-state index < -0.39 is 0 Å². The van der Waals surface area contributed by atoms with Crippen LogP contribution in [0.25, 0.3) is 0 Å². The van der Waals surface area contributed by atoms with Crippen LogP contribution >= 0.6 is 0 Å². The zero-order valence-corrected chi connectivity index (χ0v) is 13.7. The molecule has 124 valence electrons. The summed E-state index contributed by atoms with van der Waals surface area (Å²) in [6.07, 6.45) is 0.410. The molecule has 3 aromatic carbocycles. The normalized spacial score (nSPS) is 13.4. The van der Waals surface area contributed by atoms with E-state index in [1.54, 1.807) is 0 Å². The van der Waals surface area contributed by atoms with Crippen molar-refractivity contribution in [2.75, 3.05) is 6.79 Å². The molecule has 0 saturated heterocycles. The summed E-state index contributed by atoms with van der Waals surface area (Å²) < 4.78 is 10.9. The predicted octanol–water partition coefficient (Wildman–Crippen LogP) is 4.82. The molecule has 0 aliphatic carbocycles. The summed E-state index contributed by atoms with van der Waals surface area (Å²) in [4.78, 5) is 12.8. The monoisotopic (exact) mass is 330 g/mol. The van der Waals surface area contributed by atoms with Gasteiger partial charge in [-0.05, 0) is 23.3 Å². The largest absolute Gasteiger partial charge is 0.454 e. The Morgan fingerprint density at radius 1 is 0.800 bits per heavy atom. The SMILES string of the molecule is O=C(CC(c1ccccc1)c1ccc2c(c1)OCO2)c1ccccc1. The predicted molar refractivity (Wildman–Crippen MR) is 96.2 cm³/mol. The van der Waals surface area contributed by atoms with Gasteiger partial charge in [-0.3, -0.25) is 4.79 Å². The molecule has 0 bridgehead atoms. The highest BCUT2D eigenvalue weighted by molar-refractivity contribution is 5.96. The van der Waals surface area contributed by atoms with E-state index in [1.165, 1.54) is 0 Å². The summed E-state index contributed by atoms with van der Waals surface area (Å²) >= 11 is 0. The van der Waals surface area contributed by atoms with Crippen LogP contribution in [-0.4, -0.2) is 12.6 Å². The van der Waals surface area contributed by atoms with E-state index in [9.17, 15) is 4.79 Å². The van der Waals surface area contributed by atoms with Crippen molar-refractivity contribution in [1.29, 1.82) is 0 Å². The van der Waals surface area contributed by atoms with Gasteiger partial charge in [0.1, 0.15) is 0 Å². The van der Waals surface area contributed by atoms with E-state index in [0.29, 0.717) is 6.42 Å². The molecule has 0 N–H and O–H groups in total. The summed E-state index contributed by atoms with van der Waals surface area (Å²) in [7, 11) is 0. The number of hydrogen-bond acceptors (Lipinski definition) is 3. The van der Waals surface area contributed by atoms with Gasteiger partial charge in [-0.25, -0.2) is 0 Å². The molecular weight excluding hydrogens is 312 g/mol. The van der Waals surface area contributed by atoms with Crippen LogP contribution in [0.2, 0.25) is 0 Å². The lowest BCUT2D eigenvalue weighted by atomic mass is 9.85. The summed E-state index contributed by atoms with van der Waals surface area (Å²) in [5.41, 5.74) is 2.91. The molecule has 0 amide bonds. The first kappa shape index (κ1) is 15.5. The van der Waals surface area contributed by atoms with E-state index in [0.717, 1.165) is 28.2 Å². The van der Waals surface area contributed by atoms with Crippen LogP contribution in [0.1, 0.15) is 33.8 Å². The fourth-order valence-corrected chi connectivity index (χ4v) is 3.17. The molecular formula is C22H18O3. The second kappa shape index (κ2) is 6.81. The Labute approximate surface area is 146 Å². The lowest BCUT2D eigenvalue weighted by Crippen LogP contribution is -2.09. The Kier molecular flexibility index (Phi) is 4.21. The first-order valence-electron chi connectivity index (χ1n) is 8.34. The molecule has 1 heterocycles. The van der Waals surface area contributed by atoms with Gasteiger partial charge in [-0.2, -0.15) is 0 Å². The zero-order valence-electron chi connectivity index (χ0n) is 13.7. The van der Waals surface area contributed by atoms with Gasteiger partial charge in [-0.1, -0.05) is 66.7 Å². The molecule has 0 fully saturated rings. The topological polar surface area (TPSA) is 35.5 Å². The first-order valence-corrected chi connectivity index (χ1v) is 8.34. The quantitative estimate of drug-likeness (QED) is 0.629. The number of carbonyl (C=O) groups is 1. The second-order valence-electron chi connectivity index (χ2n) is 6.07. The smallest absolute Gasteiger partial charge is 0.231 e. The molecule has 1 aliphatic heterocycles. The van der Waals surface area contributed by atoms with Crippen LogP contribution in [0.5, 0.6) is 11.5 Å². The van der Waals surface area contributed by atoms with Crippen LogP contribution in [0, 0.1) is 0 Å². The standard InChI is InChI=1S/C22H18O3/c23-20(17-9-5-2-6-10-17)14-19(16-7-3-1-4-8-16)18-11-12-21-22(13-18)25-15-24-21/h1-13,19H,14-15H2. The average Bonchev–Trinajstić information content (AvgIpc) is 3.15. The maximum atomic E-state index is 12.8.